The van der Waals surface area contributed by atoms with Gasteiger partial charge in [-0.25, -0.2) is 0 Å². The summed E-state index contributed by atoms with van der Waals surface area (Å²) in [4.78, 5) is 36.9. The zero-order valence-electron chi connectivity index (χ0n) is 11.9. The first-order valence-electron chi connectivity index (χ1n) is 6.86. The molecule has 2 heterocycles. The number of rotatable bonds is 1. The molecule has 3 rings (SSSR count). The van der Waals surface area contributed by atoms with Gasteiger partial charge in [0.1, 0.15) is 5.78 Å². The van der Waals surface area contributed by atoms with E-state index in [1.807, 2.05) is 0 Å². The number of ether oxygens (including phenoxy) is 2. The van der Waals surface area contributed by atoms with Gasteiger partial charge >= 0.3 is 11.9 Å². The van der Waals surface area contributed by atoms with E-state index in [-0.39, 0.29) is 25.0 Å². The lowest BCUT2D eigenvalue weighted by Crippen LogP contribution is -2.58. The minimum absolute atomic E-state index is 0.0114. The summed E-state index contributed by atoms with van der Waals surface area (Å²) in [6, 6.07) is 1.66. The minimum Gasteiger partial charge on any atom is -0.472 e. The van der Waals surface area contributed by atoms with Crippen molar-refractivity contribution >= 4 is 17.7 Å². The van der Waals surface area contributed by atoms with E-state index >= 15 is 0 Å². The number of ketones is 1. The van der Waals surface area contributed by atoms with Crippen molar-refractivity contribution in [3.63, 3.8) is 0 Å². The first kappa shape index (κ1) is 13.9. The molecular formula is C15H16O6. The Balaban J connectivity index is 2.06. The normalized spacial score (nSPS) is 27.3. The van der Waals surface area contributed by atoms with Gasteiger partial charge in [0.05, 0.1) is 12.5 Å². The Hall–Kier alpha value is -2.11. The van der Waals surface area contributed by atoms with E-state index in [0.29, 0.717) is 5.56 Å². The maximum Gasteiger partial charge on any atom is 0.327 e. The highest BCUT2D eigenvalue weighted by molar-refractivity contribution is 6.04. The van der Waals surface area contributed by atoms with Crippen LogP contribution in [-0.4, -0.2) is 23.5 Å². The summed E-state index contributed by atoms with van der Waals surface area (Å²) in [6.07, 6.45) is 3.27. The van der Waals surface area contributed by atoms with E-state index in [0.717, 1.165) is 0 Å². The van der Waals surface area contributed by atoms with Crippen LogP contribution in [0.25, 0.3) is 0 Å². The number of Topliss-reactive ketones (excluding diaryl/α,β-unsaturated/α-hetero) is 1. The summed E-state index contributed by atoms with van der Waals surface area (Å²) in [7, 11) is 0. The summed E-state index contributed by atoms with van der Waals surface area (Å²) >= 11 is 0. The Morgan fingerprint density at radius 2 is 1.81 bits per heavy atom. The van der Waals surface area contributed by atoms with E-state index < -0.39 is 29.1 Å². The van der Waals surface area contributed by atoms with Crippen molar-refractivity contribution in [3.8, 4) is 0 Å². The monoisotopic (exact) mass is 292 g/mol. The molecule has 1 saturated heterocycles. The molecule has 0 amide bonds. The maximum atomic E-state index is 12.5. The van der Waals surface area contributed by atoms with Gasteiger partial charge in [0.25, 0.3) is 5.79 Å². The average molecular weight is 292 g/mol. The van der Waals surface area contributed by atoms with Crippen molar-refractivity contribution < 1.29 is 28.3 Å². The molecule has 2 fully saturated rings. The summed E-state index contributed by atoms with van der Waals surface area (Å²) in [5.41, 5.74) is -0.815. The van der Waals surface area contributed by atoms with Crippen LogP contribution in [0.3, 0.4) is 0 Å². The molecule has 112 valence electrons. The molecule has 1 aliphatic heterocycles. The zero-order valence-corrected chi connectivity index (χ0v) is 11.9. The maximum absolute atomic E-state index is 12.5. The third kappa shape index (κ3) is 2.05. The number of carbonyl (C=O) groups excluding carboxylic acids is 3. The van der Waals surface area contributed by atoms with Gasteiger partial charge in [-0.3, -0.25) is 14.4 Å². The van der Waals surface area contributed by atoms with Gasteiger partial charge < -0.3 is 13.9 Å². The van der Waals surface area contributed by atoms with Crippen LogP contribution in [0.2, 0.25) is 0 Å². The molecule has 0 radical (unpaired) electrons. The molecule has 6 nitrogen and oxygen atoms in total. The first-order chi connectivity index (χ1) is 9.85. The Labute approximate surface area is 121 Å². The van der Waals surface area contributed by atoms with E-state index in [2.05, 4.69) is 0 Å². The van der Waals surface area contributed by atoms with Crippen LogP contribution in [0.5, 0.6) is 0 Å². The predicted octanol–water partition coefficient (Wildman–Crippen LogP) is 1.94. The summed E-state index contributed by atoms with van der Waals surface area (Å²) in [6.45, 7) is 3.02. The Kier molecular flexibility index (Phi) is 2.93. The van der Waals surface area contributed by atoms with Crippen molar-refractivity contribution in [2.45, 2.75) is 44.8 Å². The Bertz CT molecular complexity index is 578. The van der Waals surface area contributed by atoms with Crippen molar-refractivity contribution in [1.29, 1.82) is 0 Å². The van der Waals surface area contributed by atoms with Crippen LogP contribution in [0.1, 0.15) is 44.6 Å². The Morgan fingerprint density at radius 3 is 2.38 bits per heavy atom. The number of carbonyl (C=O) groups is 3. The highest BCUT2D eigenvalue weighted by atomic mass is 16.7. The molecule has 2 aliphatic rings. The molecule has 1 aliphatic carbocycles. The van der Waals surface area contributed by atoms with Gasteiger partial charge in [-0.1, -0.05) is 0 Å². The standard InChI is InChI=1S/C15H16O6/c1-14(2)20-12(17)15(13(18)21-14)5-3-10(16)7-11(15)9-4-6-19-8-9/h4,6,8,11H,3,5,7H2,1-2H3. The lowest BCUT2D eigenvalue weighted by molar-refractivity contribution is -0.254. The fourth-order valence-corrected chi connectivity index (χ4v) is 3.11. The summed E-state index contributed by atoms with van der Waals surface area (Å²) in [5.74, 6) is -3.11. The quantitative estimate of drug-likeness (QED) is 0.581. The second-order valence-electron chi connectivity index (χ2n) is 6.00. The number of furan rings is 1. The highest BCUT2D eigenvalue weighted by Gasteiger charge is 2.62. The van der Waals surface area contributed by atoms with Gasteiger partial charge in [0.15, 0.2) is 5.41 Å². The van der Waals surface area contributed by atoms with E-state index in [1.165, 1.54) is 26.4 Å². The SMILES string of the molecule is CC1(C)OC(=O)C2(CCC(=O)CC2c2ccoc2)C(=O)O1. The largest absolute Gasteiger partial charge is 0.472 e. The number of esters is 2. The topological polar surface area (TPSA) is 82.8 Å². The lowest BCUT2D eigenvalue weighted by Gasteiger charge is -2.45. The number of hydrogen-bond acceptors (Lipinski definition) is 6. The molecule has 6 heteroatoms. The van der Waals surface area contributed by atoms with E-state index in [1.54, 1.807) is 6.07 Å². The van der Waals surface area contributed by atoms with Crippen molar-refractivity contribution in [2.75, 3.05) is 0 Å². The molecule has 0 N–H and O–H groups in total. The van der Waals surface area contributed by atoms with Gasteiger partial charge in [-0.05, 0) is 18.1 Å². The van der Waals surface area contributed by atoms with E-state index in [9.17, 15) is 14.4 Å². The molecule has 1 saturated carbocycles. The van der Waals surface area contributed by atoms with Gasteiger partial charge in [-0.2, -0.15) is 0 Å². The summed E-state index contributed by atoms with van der Waals surface area (Å²) < 4.78 is 15.6. The lowest BCUT2D eigenvalue weighted by atomic mass is 9.63. The van der Waals surface area contributed by atoms with Crippen LogP contribution in [0.4, 0.5) is 0 Å². The zero-order chi connectivity index (χ0) is 15.3. The highest BCUT2D eigenvalue weighted by Crippen LogP contribution is 2.51. The van der Waals surface area contributed by atoms with Crippen molar-refractivity contribution in [2.24, 2.45) is 5.41 Å². The van der Waals surface area contributed by atoms with Crippen LogP contribution < -0.4 is 0 Å². The number of cyclic esters (lactones) is 2. The molecule has 1 aromatic rings. The summed E-state index contributed by atoms with van der Waals surface area (Å²) in [5, 5.41) is 0. The molecule has 1 aromatic heterocycles. The number of hydrogen-bond donors (Lipinski definition) is 0. The van der Waals surface area contributed by atoms with E-state index in [4.69, 9.17) is 13.9 Å². The first-order valence-corrected chi connectivity index (χ1v) is 6.86. The smallest absolute Gasteiger partial charge is 0.327 e. The second kappa shape index (κ2) is 4.44. The van der Waals surface area contributed by atoms with Crippen LogP contribution in [0.15, 0.2) is 23.0 Å². The van der Waals surface area contributed by atoms with Crippen LogP contribution >= 0.6 is 0 Å². The third-order valence-corrected chi connectivity index (χ3v) is 4.18. The van der Waals surface area contributed by atoms with Crippen molar-refractivity contribution in [3.05, 3.63) is 24.2 Å². The van der Waals surface area contributed by atoms with Crippen molar-refractivity contribution in [1.82, 2.24) is 0 Å². The third-order valence-electron chi connectivity index (χ3n) is 4.18. The molecule has 1 atom stereocenters. The van der Waals surface area contributed by atoms with Crippen LogP contribution in [-0.2, 0) is 23.9 Å². The Morgan fingerprint density at radius 1 is 1.14 bits per heavy atom. The molecule has 1 spiro atoms. The fraction of sp³-hybridized carbons (Fsp3) is 0.533. The average Bonchev–Trinajstić information content (AvgIpc) is 2.89. The second-order valence-corrected chi connectivity index (χ2v) is 6.00. The molecule has 1 unspecified atom stereocenters. The van der Waals surface area contributed by atoms with Gasteiger partial charge in [-0.15, -0.1) is 0 Å². The van der Waals surface area contributed by atoms with Gasteiger partial charge in [0.2, 0.25) is 0 Å². The molecular weight excluding hydrogens is 276 g/mol. The molecule has 0 aromatic carbocycles. The molecule has 0 bridgehead atoms. The van der Waals surface area contributed by atoms with Crippen LogP contribution in [0, 0.1) is 5.41 Å². The minimum atomic E-state index is -1.45. The fourth-order valence-electron chi connectivity index (χ4n) is 3.11. The predicted molar refractivity (Wildman–Crippen MR) is 69.0 cm³/mol. The molecule has 21 heavy (non-hydrogen) atoms. The van der Waals surface area contributed by atoms with Gasteiger partial charge in [0, 0.05) is 32.6 Å².